The zero-order valence-electron chi connectivity index (χ0n) is 18.7. The number of aromatic hydroxyl groups is 1. The minimum absolute atomic E-state index is 0.0818. The quantitative estimate of drug-likeness (QED) is 0.340. The monoisotopic (exact) mass is 521 g/mol. The number of phenolic OH excluding ortho intramolecular Hbond substituents is 1. The molecule has 6 amide bonds. The van der Waals surface area contributed by atoms with E-state index in [2.05, 4.69) is 0 Å². The number of allylic oxidation sites excluding steroid dienone is 2. The number of likely N-dealkylation sites (tertiary alicyclic amines) is 2. The molecule has 1 aromatic carbocycles. The van der Waals surface area contributed by atoms with E-state index in [0.717, 1.165) is 4.90 Å². The smallest absolute Gasteiger partial charge is 0.328 e. The van der Waals surface area contributed by atoms with E-state index in [0.29, 0.717) is 16.2 Å². The summed E-state index contributed by atoms with van der Waals surface area (Å²) >= 11 is 14.0. The van der Waals surface area contributed by atoms with Gasteiger partial charge < -0.3 is 15.6 Å². The van der Waals surface area contributed by atoms with Crippen LogP contribution >= 0.6 is 23.2 Å². The number of fused-ring (bicyclic) bond motifs is 4. The summed E-state index contributed by atoms with van der Waals surface area (Å²) in [4.78, 5) is 61.8. The number of ether oxygens (including phenoxy) is 1. The highest BCUT2D eigenvalue weighted by molar-refractivity contribution is 6.53. The number of hydrogen-bond donors (Lipinski definition) is 2. The van der Waals surface area contributed by atoms with Crippen LogP contribution in [0.3, 0.4) is 0 Å². The van der Waals surface area contributed by atoms with E-state index in [1.807, 2.05) is 0 Å². The highest BCUT2D eigenvalue weighted by Crippen LogP contribution is 2.66. The van der Waals surface area contributed by atoms with E-state index in [1.165, 1.54) is 26.3 Å². The van der Waals surface area contributed by atoms with E-state index < -0.39 is 63.1 Å². The largest absolute Gasteiger partial charge is 0.508 e. The lowest BCUT2D eigenvalue weighted by Gasteiger charge is -2.50. The number of benzene rings is 1. The molecule has 35 heavy (non-hydrogen) atoms. The van der Waals surface area contributed by atoms with Gasteiger partial charge in [0.05, 0.1) is 18.9 Å². The Bertz CT molecular complexity index is 1270. The number of nitrogens with zero attached hydrogens (tertiary/aromatic N) is 2. The molecular weight excluding hydrogens is 501 g/mol. The van der Waals surface area contributed by atoms with E-state index in [4.69, 9.17) is 33.7 Å². The van der Waals surface area contributed by atoms with Gasteiger partial charge in [0, 0.05) is 24.6 Å². The van der Waals surface area contributed by atoms with Crippen molar-refractivity contribution in [1.82, 2.24) is 9.80 Å². The van der Waals surface area contributed by atoms with E-state index in [-0.39, 0.29) is 24.2 Å². The summed E-state index contributed by atoms with van der Waals surface area (Å²) in [6.45, 7) is 0. The van der Waals surface area contributed by atoms with Gasteiger partial charge in [-0.2, -0.15) is 4.90 Å². The van der Waals surface area contributed by atoms with Crippen LogP contribution in [-0.2, 0) is 19.2 Å². The second-order valence-electron chi connectivity index (χ2n) is 9.27. The molecule has 12 heteroatoms. The number of hydrogen-bond acceptors (Lipinski definition) is 7. The molecule has 4 aliphatic rings. The molecule has 1 aromatic rings. The standard InChI is InChI=1S/C23H21Cl2N3O7/c1-27-19(32)22(24)8-13-10(5-6-12-15(13)18(31)28(17(12)30)21(26)34)16(23(22,25)20(27)33)11-4-3-9(35-2)7-14(11)29/h3-5,7,12-13,15-16,29H,6,8H2,1-2H3,(H2,26,34)/t12-,13+,15-,16+,22+,23-/m0/s1. The Balaban J connectivity index is 1.74. The Hall–Kier alpha value is -3.11. The van der Waals surface area contributed by atoms with E-state index >= 15 is 0 Å². The van der Waals surface area contributed by atoms with Gasteiger partial charge in [-0.3, -0.25) is 24.1 Å². The third-order valence-electron chi connectivity index (χ3n) is 7.78. The summed E-state index contributed by atoms with van der Waals surface area (Å²) < 4.78 is 5.15. The van der Waals surface area contributed by atoms with Crippen LogP contribution in [0.25, 0.3) is 0 Å². The summed E-state index contributed by atoms with van der Waals surface area (Å²) in [6.07, 6.45) is 1.55. The second kappa shape index (κ2) is 7.44. The molecule has 2 aliphatic heterocycles. The summed E-state index contributed by atoms with van der Waals surface area (Å²) in [6, 6.07) is 3.23. The molecule has 5 rings (SSSR count). The molecule has 3 N–H and O–H groups in total. The highest BCUT2D eigenvalue weighted by atomic mass is 35.5. The van der Waals surface area contributed by atoms with E-state index in [9.17, 15) is 29.1 Å². The van der Waals surface area contributed by atoms with Gasteiger partial charge >= 0.3 is 6.03 Å². The van der Waals surface area contributed by atoms with Gasteiger partial charge in [0.1, 0.15) is 11.5 Å². The first-order chi connectivity index (χ1) is 16.4. The Labute approximate surface area is 209 Å². The van der Waals surface area contributed by atoms with Crippen LogP contribution in [0, 0.1) is 17.8 Å². The molecule has 6 atom stereocenters. The molecule has 0 radical (unpaired) electrons. The third kappa shape index (κ3) is 2.75. The molecule has 1 saturated carbocycles. The molecule has 10 nitrogen and oxygen atoms in total. The predicted molar refractivity (Wildman–Crippen MR) is 122 cm³/mol. The Morgan fingerprint density at radius 2 is 1.83 bits per heavy atom. The average molecular weight is 522 g/mol. The SMILES string of the molecule is COc1ccc([C@H]2C3=CC[C@@H]4C(=O)N(C(N)=O)C(=O)[C@@H]4[C@@H]3C[C@@]3(Cl)C(=O)N(C)C(=O)[C@@]23Cl)c(O)c1. The maximum atomic E-state index is 13.4. The summed E-state index contributed by atoms with van der Waals surface area (Å²) in [5.41, 5.74) is 5.98. The molecule has 0 bridgehead atoms. The summed E-state index contributed by atoms with van der Waals surface area (Å²) in [5, 5.41) is 10.9. The number of nitrogens with two attached hydrogens (primary N) is 1. The van der Waals surface area contributed by atoms with Crippen molar-refractivity contribution < 1.29 is 33.8 Å². The lowest BCUT2D eigenvalue weighted by molar-refractivity contribution is -0.139. The number of imide groups is 4. The fraction of sp³-hybridized carbons (Fsp3) is 0.435. The van der Waals surface area contributed by atoms with Crippen LogP contribution in [0.15, 0.2) is 29.8 Å². The van der Waals surface area contributed by atoms with Crippen molar-refractivity contribution >= 4 is 52.9 Å². The molecular formula is C23H21Cl2N3O7. The van der Waals surface area contributed by atoms with Crippen molar-refractivity contribution in [1.29, 1.82) is 0 Å². The number of carbonyl (C=O) groups excluding carboxylic acids is 5. The normalized spacial score (nSPS) is 36.1. The zero-order valence-corrected chi connectivity index (χ0v) is 20.2. The third-order valence-corrected chi connectivity index (χ3v) is 9.20. The molecule has 0 aromatic heterocycles. The first-order valence-electron chi connectivity index (χ1n) is 10.8. The van der Waals surface area contributed by atoms with Gasteiger partial charge in [0.25, 0.3) is 11.8 Å². The Morgan fingerprint density at radius 1 is 1.14 bits per heavy atom. The highest BCUT2D eigenvalue weighted by Gasteiger charge is 2.76. The van der Waals surface area contributed by atoms with Crippen LogP contribution < -0.4 is 10.5 Å². The van der Waals surface area contributed by atoms with Crippen LogP contribution in [0.5, 0.6) is 11.5 Å². The minimum Gasteiger partial charge on any atom is -0.508 e. The zero-order chi connectivity index (χ0) is 25.6. The molecule has 184 valence electrons. The lowest BCUT2D eigenvalue weighted by Crippen LogP contribution is -2.60. The van der Waals surface area contributed by atoms with E-state index in [1.54, 1.807) is 12.1 Å². The summed E-state index contributed by atoms with van der Waals surface area (Å²) in [5.74, 6) is -6.72. The van der Waals surface area contributed by atoms with Crippen LogP contribution in [0.2, 0.25) is 0 Å². The van der Waals surface area contributed by atoms with Crippen LogP contribution in [-0.4, -0.2) is 68.5 Å². The van der Waals surface area contributed by atoms with Gasteiger partial charge in [0.15, 0.2) is 9.75 Å². The number of amides is 6. The van der Waals surface area contributed by atoms with Gasteiger partial charge in [-0.1, -0.05) is 17.7 Å². The molecule has 2 saturated heterocycles. The number of alkyl halides is 2. The fourth-order valence-corrected chi connectivity index (χ4v) is 7.21. The lowest BCUT2D eigenvalue weighted by atomic mass is 9.56. The second-order valence-corrected chi connectivity index (χ2v) is 10.5. The topological polar surface area (TPSA) is 147 Å². The van der Waals surface area contributed by atoms with Gasteiger partial charge in [-0.25, -0.2) is 4.79 Å². The number of carbonyl (C=O) groups is 5. The Morgan fingerprint density at radius 3 is 2.43 bits per heavy atom. The fourth-order valence-electron chi connectivity index (χ4n) is 6.20. The van der Waals surface area contributed by atoms with Crippen molar-refractivity contribution in [3.05, 3.63) is 35.4 Å². The Kier molecular flexibility index (Phi) is 5.02. The predicted octanol–water partition coefficient (Wildman–Crippen LogP) is 1.47. The number of halogens is 2. The number of urea groups is 1. The van der Waals surface area contributed by atoms with Crippen molar-refractivity contribution in [2.45, 2.75) is 28.5 Å². The van der Waals surface area contributed by atoms with Crippen molar-refractivity contribution in [3.63, 3.8) is 0 Å². The van der Waals surface area contributed by atoms with Crippen molar-refractivity contribution in [2.24, 2.45) is 23.5 Å². The maximum absolute atomic E-state index is 13.4. The molecule has 2 heterocycles. The number of phenols is 1. The summed E-state index contributed by atoms with van der Waals surface area (Å²) in [7, 11) is 2.69. The van der Waals surface area contributed by atoms with Crippen molar-refractivity contribution in [3.8, 4) is 11.5 Å². The molecule has 2 aliphatic carbocycles. The molecule has 0 spiro atoms. The maximum Gasteiger partial charge on any atom is 0.328 e. The minimum atomic E-state index is -2.02. The van der Waals surface area contributed by atoms with Gasteiger partial charge in [0.2, 0.25) is 11.8 Å². The molecule has 0 unspecified atom stereocenters. The number of methoxy groups -OCH3 is 1. The van der Waals surface area contributed by atoms with Gasteiger partial charge in [-0.15, -0.1) is 23.2 Å². The van der Waals surface area contributed by atoms with Crippen LogP contribution in [0.4, 0.5) is 4.79 Å². The first kappa shape index (κ1) is 23.6. The molecule has 3 fully saturated rings. The number of rotatable bonds is 2. The van der Waals surface area contributed by atoms with Crippen molar-refractivity contribution in [2.75, 3.05) is 14.2 Å². The van der Waals surface area contributed by atoms with Crippen LogP contribution in [0.1, 0.15) is 24.3 Å². The number of primary amides is 1. The van der Waals surface area contributed by atoms with Gasteiger partial charge in [-0.05, 0) is 24.8 Å². The average Bonchev–Trinajstić information content (AvgIpc) is 3.14. The first-order valence-corrected chi connectivity index (χ1v) is 11.6.